The molecule has 2 heterocycles. The van der Waals surface area contributed by atoms with Crippen LogP contribution < -0.4 is 0 Å². The van der Waals surface area contributed by atoms with Crippen molar-refractivity contribution < 1.29 is 69.0 Å². The van der Waals surface area contributed by atoms with Gasteiger partial charge in [0.05, 0.1) is 26.4 Å². The number of carbonyl (C=O) groups is 1. The Morgan fingerprint density at radius 2 is 0.827 bits per heavy atom. The van der Waals surface area contributed by atoms with Crippen LogP contribution in [0.15, 0.2) is 36.5 Å². The summed E-state index contributed by atoms with van der Waals surface area (Å²) in [5, 5.41) is 72.4. The lowest BCUT2D eigenvalue weighted by Crippen LogP contribution is -2.61. The zero-order chi connectivity index (χ0) is 54.4. The topological polar surface area (TPSA) is 214 Å². The van der Waals surface area contributed by atoms with E-state index in [1.54, 1.807) is 0 Å². The van der Waals surface area contributed by atoms with Gasteiger partial charge in [0, 0.05) is 13.0 Å². The SMILES string of the molecule is CCCCCCC/C=C\C/C=C\C/C=C\CCCCCCCCCCCCCOCC(COC1OC(COC2OC(CO)C(O)C(O)C2O)C(O)C(O)C1O)OC(=O)CCCCCCCCCCCCCCCCC. The van der Waals surface area contributed by atoms with E-state index in [-0.39, 0.29) is 25.6 Å². The number of carbonyl (C=O) groups excluding carboxylic acids is 1. The first-order valence-corrected chi connectivity index (χ1v) is 30.6. The number of hydrogen-bond donors (Lipinski definition) is 7. The van der Waals surface area contributed by atoms with Gasteiger partial charge in [-0.15, -0.1) is 0 Å². The van der Waals surface area contributed by atoms with Crippen LogP contribution in [0.25, 0.3) is 0 Å². The van der Waals surface area contributed by atoms with E-state index in [0.717, 1.165) is 51.4 Å². The quantitative estimate of drug-likeness (QED) is 0.0172. The van der Waals surface area contributed by atoms with E-state index in [9.17, 15) is 40.5 Å². The molecule has 2 aliphatic rings. The molecule has 75 heavy (non-hydrogen) atoms. The molecular weight excluding hydrogens is 957 g/mol. The lowest BCUT2D eigenvalue weighted by Gasteiger charge is -2.42. The van der Waals surface area contributed by atoms with E-state index in [4.69, 9.17) is 28.4 Å². The molecule has 0 aliphatic carbocycles. The summed E-state index contributed by atoms with van der Waals surface area (Å²) in [4.78, 5) is 13.1. The van der Waals surface area contributed by atoms with E-state index in [1.165, 1.54) is 167 Å². The minimum Gasteiger partial charge on any atom is -0.457 e. The second-order valence-electron chi connectivity index (χ2n) is 21.5. The van der Waals surface area contributed by atoms with Crippen molar-refractivity contribution in [2.45, 2.75) is 313 Å². The molecule has 0 radical (unpaired) electrons. The van der Waals surface area contributed by atoms with Crippen molar-refractivity contribution in [3.05, 3.63) is 36.5 Å². The van der Waals surface area contributed by atoms with Crippen LogP contribution in [-0.4, -0.2) is 142 Å². The molecule has 0 aromatic rings. The highest BCUT2D eigenvalue weighted by molar-refractivity contribution is 5.69. The molecule has 440 valence electrons. The molecule has 0 spiro atoms. The van der Waals surface area contributed by atoms with Crippen molar-refractivity contribution in [1.82, 2.24) is 0 Å². The second-order valence-corrected chi connectivity index (χ2v) is 21.5. The molecule has 11 atom stereocenters. The van der Waals surface area contributed by atoms with Crippen LogP contribution >= 0.6 is 0 Å². The molecule has 11 unspecified atom stereocenters. The molecule has 2 fully saturated rings. The van der Waals surface area contributed by atoms with Crippen LogP contribution in [0.2, 0.25) is 0 Å². The van der Waals surface area contributed by atoms with Gasteiger partial charge < -0.3 is 64.2 Å². The number of allylic oxidation sites excluding steroid dienone is 6. The summed E-state index contributed by atoms with van der Waals surface area (Å²) in [5.41, 5.74) is 0. The number of hydrogen-bond acceptors (Lipinski definition) is 14. The summed E-state index contributed by atoms with van der Waals surface area (Å²) < 4.78 is 34.4. The van der Waals surface area contributed by atoms with Gasteiger partial charge in [-0.1, -0.05) is 224 Å². The lowest BCUT2D eigenvalue weighted by atomic mass is 9.98. The molecule has 0 bridgehead atoms. The number of esters is 1. The van der Waals surface area contributed by atoms with E-state index >= 15 is 0 Å². The molecule has 7 N–H and O–H groups in total. The normalized spacial score (nSPS) is 24.8. The predicted octanol–water partition coefficient (Wildman–Crippen LogP) is 11.3. The molecular formula is C61H112O14. The fourth-order valence-corrected chi connectivity index (χ4v) is 9.71. The summed E-state index contributed by atoms with van der Waals surface area (Å²) in [6, 6.07) is 0. The Morgan fingerprint density at radius 3 is 1.29 bits per heavy atom. The Kier molecular flexibility index (Phi) is 44.5. The Hall–Kier alpha value is -1.79. The van der Waals surface area contributed by atoms with E-state index in [0.29, 0.717) is 13.0 Å². The average Bonchev–Trinajstić information content (AvgIpc) is 3.41. The standard InChI is InChI=1S/C61H112O14/c1-3-5-7-9-11-13-15-17-19-20-21-22-23-24-25-26-27-28-29-31-33-35-37-39-41-43-45-70-47-50(73-53(63)44-42-40-38-36-34-32-30-18-16-14-12-10-8-6-4-2)48-71-60-59(69)57(67)55(65)52(75-60)49-72-61-58(68)56(66)54(64)51(46-62)74-61/h15,17,20-21,23-24,50-52,54-62,64-69H,3-14,16,18-19,22,25-49H2,1-2H3/b17-15-,21-20-,24-23-. The number of rotatable bonds is 50. The van der Waals surface area contributed by atoms with Crippen LogP contribution in [0.1, 0.15) is 245 Å². The number of unbranched alkanes of at least 4 members (excludes halogenated alkanes) is 30. The summed E-state index contributed by atoms with van der Waals surface area (Å²) >= 11 is 0. The second kappa shape index (κ2) is 48.1. The molecule has 2 aliphatic heterocycles. The third kappa shape index (κ3) is 34.7. The summed E-state index contributed by atoms with van der Waals surface area (Å²) in [6.45, 7) is 3.71. The van der Waals surface area contributed by atoms with Gasteiger partial charge >= 0.3 is 5.97 Å². The van der Waals surface area contributed by atoms with Crippen LogP contribution in [0.5, 0.6) is 0 Å². The minimum absolute atomic E-state index is 0.0628. The Morgan fingerprint density at radius 1 is 0.440 bits per heavy atom. The summed E-state index contributed by atoms with van der Waals surface area (Å²) in [6.07, 6.45) is 40.6. The number of ether oxygens (including phenoxy) is 6. The van der Waals surface area contributed by atoms with Crippen molar-refractivity contribution in [1.29, 1.82) is 0 Å². The third-order valence-electron chi connectivity index (χ3n) is 14.7. The Labute approximate surface area is 455 Å². The molecule has 2 rings (SSSR count). The maximum absolute atomic E-state index is 13.1. The van der Waals surface area contributed by atoms with Crippen LogP contribution in [-0.2, 0) is 33.2 Å². The van der Waals surface area contributed by atoms with E-state index in [2.05, 4.69) is 50.3 Å². The maximum atomic E-state index is 13.1. The smallest absolute Gasteiger partial charge is 0.306 e. The van der Waals surface area contributed by atoms with Crippen LogP contribution in [0, 0.1) is 0 Å². The average molecular weight is 1070 g/mol. The lowest BCUT2D eigenvalue weighted by molar-refractivity contribution is -0.332. The molecule has 0 saturated carbocycles. The fourth-order valence-electron chi connectivity index (χ4n) is 9.71. The number of aliphatic hydroxyl groups is 7. The van der Waals surface area contributed by atoms with Gasteiger partial charge in [0.15, 0.2) is 12.6 Å². The fraction of sp³-hybridized carbons (Fsp3) is 0.885. The predicted molar refractivity (Wildman–Crippen MR) is 298 cm³/mol. The van der Waals surface area contributed by atoms with E-state index in [1.807, 2.05) is 0 Å². The molecule has 14 nitrogen and oxygen atoms in total. The van der Waals surface area contributed by atoms with Gasteiger partial charge in [-0.05, 0) is 51.4 Å². The van der Waals surface area contributed by atoms with Crippen molar-refractivity contribution in [3.8, 4) is 0 Å². The molecule has 2 saturated heterocycles. The zero-order valence-corrected chi connectivity index (χ0v) is 47.3. The minimum atomic E-state index is -1.71. The van der Waals surface area contributed by atoms with Gasteiger partial charge in [-0.2, -0.15) is 0 Å². The summed E-state index contributed by atoms with van der Waals surface area (Å²) in [7, 11) is 0. The Balaban J connectivity index is 1.67. The van der Waals surface area contributed by atoms with Crippen molar-refractivity contribution in [2.24, 2.45) is 0 Å². The third-order valence-corrected chi connectivity index (χ3v) is 14.7. The first-order valence-electron chi connectivity index (χ1n) is 30.6. The van der Waals surface area contributed by atoms with Gasteiger partial charge in [0.1, 0.15) is 54.9 Å². The van der Waals surface area contributed by atoms with Crippen molar-refractivity contribution in [3.63, 3.8) is 0 Å². The van der Waals surface area contributed by atoms with Crippen molar-refractivity contribution >= 4 is 5.97 Å². The van der Waals surface area contributed by atoms with Gasteiger partial charge in [0.2, 0.25) is 0 Å². The van der Waals surface area contributed by atoms with Crippen LogP contribution in [0.4, 0.5) is 0 Å². The Bertz CT molecular complexity index is 1380. The maximum Gasteiger partial charge on any atom is 0.306 e. The van der Waals surface area contributed by atoms with Gasteiger partial charge in [-0.3, -0.25) is 4.79 Å². The highest BCUT2D eigenvalue weighted by Crippen LogP contribution is 2.27. The molecule has 0 amide bonds. The molecule has 0 aromatic carbocycles. The zero-order valence-electron chi connectivity index (χ0n) is 47.3. The summed E-state index contributed by atoms with van der Waals surface area (Å²) in [5.74, 6) is -0.373. The van der Waals surface area contributed by atoms with E-state index < -0.39 is 80.7 Å². The largest absolute Gasteiger partial charge is 0.457 e. The van der Waals surface area contributed by atoms with Gasteiger partial charge in [0.25, 0.3) is 0 Å². The molecule has 14 heteroatoms. The molecule has 0 aromatic heterocycles. The number of aliphatic hydroxyl groups excluding tert-OH is 7. The highest BCUT2D eigenvalue weighted by Gasteiger charge is 2.47. The highest BCUT2D eigenvalue weighted by atomic mass is 16.7. The monoisotopic (exact) mass is 1070 g/mol. The first-order chi connectivity index (χ1) is 36.6. The van der Waals surface area contributed by atoms with Gasteiger partial charge in [-0.25, -0.2) is 0 Å². The first kappa shape index (κ1) is 69.3. The van der Waals surface area contributed by atoms with Crippen LogP contribution in [0.3, 0.4) is 0 Å². The van der Waals surface area contributed by atoms with Crippen molar-refractivity contribution in [2.75, 3.05) is 33.0 Å².